The van der Waals surface area contributed by atoms with Crippen LogP contribution in [0, 0.1) is 17.8 Å². The van der Waals surface area contributed by atoms with Gasteiger partial charge < -0.3 is 5.11 Å². The normalized spacial score (nSPS) is 35.9. The van der Waals surface area contributed by atoms with Crippen LogP contribution in [0.15, 0.2) is 23.3 Å². The first kappa shape index (κ1) is 10.9. The Kier molecular flexibility index (Phi) is 3.01. The van der Waals surface area contributed by atoms with Gasteiger partial charge in [0.1, 0.15) is 0 Å². The van der Waals surface area contributed by atoms with E-state index in [1.54, 1.807) is 0 Å². The molecule has 0 bridgehead atoms. The molecule has 1 fully saturated rings. The molecule has 1 heteroatoms. The van der Waals surface area contributed by atoms with E-state index in [-0.39, 0.29) is 6.10 Å². The Morgan fingerprint density at radius 1 is 1.33 bits per heavy atom. The highest BCUT2D eigenvalue weighted by Crippen LogP contribution is 2.41. The van der Waals surface area contributed by atoms with Gasteiger partial charge in [-0.3, -0.25) is 0 Å². The Morgan fingerprint density at radius 3 is 2.73 bits per heavy atom. The summed E-state index contributed by atoms with van der Waals surface area (Å²) in [5.74, 6) is 1.61. The van der Waals surface area contributed by atoms with Crippen molar-refractivity contribution in [1.29, 1.82) is 0 Å². The number of hydrogen-bond acceptors (Lipinski definition) is 1. The van der Waals surface area contributed by atoms with E-state index in [0.717, 1.165) is 19.3 Å². The van der Waals surface area contributed by atoms with Gasteiger partial charge in [0.05, 0.1) is 6.10 Å². The van der Waals surface area contributed by atoms with E-state index in [4.69, 9.17) is 0 Å². The Labute approximate surface area is 92.9 Å². The molecule has 1 N–H and O–H groups in total. The summed E-state index contributed by atoms with van der Waals surface area (Å²) in [4.78, 5) is 0. The van der Waals surface area contributed by atoms with Crippen molar-refractivity contribution in [3.8, 4) is 0 Å². The fourth-order valence-corrected chi connectivity index (χ4v) is 2.94. The quantitative estimate of drug-likeness (QED) is 0.653. The molecule has 0 aromatic heterocycles. The molecule has 0 radical (unpaired) electrons. The van der Waals surface area contributed by atoms with E-state index in [0.29, 0.717) is 17.8 Å². The summed E-state index contributed by atoms with van der Waals surface area (Å²) in [5.41, 5.74) is 2.99. The topological polar surface area (TPSA) is 20.2 Å². The number of allylic oxidation sites excluding steroid dienone is 3. The van der Waals surface area contributed by atoms with Gasteiger partial charge in [-0.2, -0.15) is 0 Å². The van der Waals surface area contributed by atoms with E-state index in [1.807, 2.05) is 0 Å². The van der Waals surface area contributed by atoms with Gasteiger partial charge >= 0.3 is 0 Å². The van der Waals surface area contributed by atoms with Gasteiger partial charge in [0.15, 0.2) is 0 Å². The van der Waals surface area contributed by atoms with E-state index in [2.05, 4.69) is 32.9 Å². The Hall–Kier alpha value is -0.560. The molecule has 3 atom stereocenters. The van der Waals surface area contributed by atoms with Crippen molar-refractivity contribution in [2.75, 3.05) is 0 Å². The summed E-state index contributed by atoms with van der Waals surface area (Å²) in [7, 11) is 0. The van der Waals surface area contributed by atoms with Crippen LogP contribution < -0.4 is 0 Å². The third-order valence-electron chi connectivity index (χ3n) is 4.08. The van der Waals surface area contributed by atoms with E-state index < -0.39 is 0 Å². The lowest BCUT2D eigenvalue weighted by Crippen LogP contribution is -2.17. The molecule has 0 amide bonds. The average Bonchev–Trinajstić information content (AvgIpc) is 2.43. The molecule has 15 heavy (non-hydrogen) atoms. The largest absolute Gasteiger partial charge is 0.392 e. The Bertz CT molecular complexity index is 298. The summed E-state index contributed by atoms with van der Waals surface area (Å²) < 4.78 is 0. The maximum absolute atomic E-state index is 9.99. The van der Waals surface area contributed by atoms with Gasteiger partial charge in [0, 0.05) is 5.92 Å². The van der Waals surface area contributed by atoms with Crippen LogP contribution >= 0.6 is 0 Å². The highest BCUT2D eigenvalue weighted by molar-refractivity contribution is 5.24. The van der Waals surface area contributed by atoms with Crippen LogP contribution in [-0.4, -0.2) is 11.2 Å². The molecular weight excluding hydrogens is 184 g/mol. The fourth-order valence-electron chi connectivity index (χ4n) is 2.94. The van der Waals surface area contributed by atoms with E-state index in [1.165, 1.54) is 11.1 Å². The van der Waals surface area contributed by atoms with Crippen LogP contribution in [0.3, 0.4) is 0 Å². The molecule has 0 saturated heterocycles. The molecule has 1 saturated carbocycles. The van der Waals surface area contributed by atoms with Crippen molar-refractivity contribution in [2.45, 2.75) is 46.1 Å². The Morgan fingerprint density at radius 2 is 2.07 bits per heavy atom. The summed E-state index contributed by atoms with van der Waals surface area (Å²) >= 11 is 0. The van der Waals surface area contributed by atoms with Gasteiger partial charge in [-0.25, -0.2) is 0 Å². The van der Waals surface area contributed by atoms with Crippen molar-refractivity contribution in [3.05, 3.63) is 23.3 Å². The van der Waals surface area contributed by atoms with Gasteiger partial charge in [0.2, 0.25) is 0 Å². The minimum absolute atomic E-state index is 0.106. The molecule has 0 aromatic carbocycles. The van der Waals surface area contributed by atoms with Gasteiger partial charge in [-0.1, -0.05) is 37.1 Å². The van der Waals surface area contributed by atoms with Crippen LogP contribution in [0.1, 0.15) is 40.0 Å². The maximum atomic E-state index is 9.99. The third-order valence-corrected chi connectivity index (χ3v) is 4.08. The van der Waals surface area contributed by atoms with Crippen LogP contribution in [-0.2, 0) is 0 Å². The first-order valence-electron chi connectivity index (χ1n) is 6.15. The van der Waals surface area contributed by atoms with Crippen LogP contribution in [0.25, 0.3) is 0 Å². The molecule has 3 unspecified atom stereocenters. The lowest BCUT2D eigenvalue weighted by atomic mass is 9.88. The SMILES string of the molecule is CC1=CCC(C(C)C)=CC2C(O)CCC12. The molecule has 2 aliphatic carbocycles. The second kappa shape index (κ2) is 4.13. The van der Waals surface area contributed by atoms with Crippen LogP contribution in [0.4, 0.5) is 0 Å². The number of rotatable bonds is 1. The van der Waals surface area contributed by atoms with E-state index in [9.17, 15) is 5.11 Å². The fraction of sp³-hybridized carbons (Fsp3) is 0.714. The highest BCUT2D eigenvalue weighted by atomic mass is 16.3. The van der Waals surface area contributed by atoms with Crippen molar-refractivity contribution in [3.63, 3.8) is 0 Å². The van der Waals surface area contributed by atoms with Crippen LogP contribution in [0.2, 0.25) is 0 Å². The zero-order chi connectivity index (χ0) is 11.0. The molecule has 0 spiro atoms. The Balaban J connectivity index is 2.29. The lowest BCUT2D eigenvalue weighted by Gasteiger charge is -2.19. The zero-order valence-electron chi connectivity index (χ0n) is 10.0. The first-order valence-corrected chi connectivity index (χ1v) is 6.15. The van der Waals surface area contributed by atoms with Crippen molar-refractivity contribution < 1.29 is 5.11 Å². The number of aliphatic hydroxyl groups excluding tert-OH is 1. The van der Waals surface area contributed by atoms with Crippen molar-refractivity contribution in [2.24, 2.45) is 17.8 Å². The summed E-state index contributed by atoms with van der Waals surface area (Å²) in [6.07, 6.45) is 7.85. The molecule has 84 valence electrons. The van der Waals surface area contributed by atoms with Gasteiger partial charge in [0.25, 0.3) is 0 Å². The second-order valence-electron chi connectivity index (χ2n) is 5.38. The summed E-state index contributed by atoms with van der Waals surface area (Å²) in [6.45, 7) is 6.72. The van der Waals surface area contributed by atoms with Gasteiger partial charge in [-0.05, 0) is 38.0 Å². The van der Waals surface area contributed by atoms with Crippen LogP contribution in [0.5, 0.6) is 0 Å². The monoisotopic (exact) mass is 206 g/mol. The van der Waals surface area contributed by atoms with Crippen molar-refractivity contribution >= 4 is 0 Å². The third kappa shape index (κ3) is 2.03. The molecule has 2 aliphatic rings. The molecule has 0 aliphatic heterocycles. The minimum Gasteiger partial charge on any atom is -0.392 e. The predicted molar refractivity (Wildman–Crippen MR) is 63.5 cm³/mol. The highest BCUT2D eigenvalue weighted by Gasteiger charge is 2.35. The minimum atomic E-state index is -0.106. The maximum Gasteiger partial charge on any atom is 0.0608 e. The lowest BCUT2D eigenvalue weighted by molar-refractivity contribution is 0.145. The summed E-state index contributed by atoms with van der Waals surface area (Å²) in [6, 6.07) is 0. The summed E-state index contributed by atoms with van der Waals surface area (Å²) in [5, 5.41) is 9.99. The first-order chi connectivity index (χ1) is 7.09. The smallest absolute Gasteiger partial charge is 0.0608 e. The van der Waals surface area contributed by atoms with Crippen molar-refractivity contribution in [1.82, 2.24) is 0 Å². The number of fused-ring (bicyclic) bond motifs is 1. The standard InChI is InChI=1S/C14H22O/c1-9(2)11-5-4-10(3)12-6-7-14(15)13(12)8-11/h4,8-9,12-15H,5-7H2,1-3H3. The van der Waals surface area contributed by atoms with E-state index >= 15 is 0 Å². The molecule has 0 heterocycles. The second-order valence-corrected chi connectivity index (χ2v) is 5.38. The molecule has 0 aromatic rings. The molecular formula is C14H22O. The molecule has 1 nitrogen and oxygen atoms in total. The molecule has 2 rings (SSSR count). The average molecular weight is 206 g/mol. The number of aliphatic hydroxyl groups is 1. The number of hydrogen-bond donors (Lipinski definition) is 1. The predicted octanol–water partition coefficient (Wildman–Crippen LogP) is 3.31. The van der Waals surface area contributed by atoms with Gasteiger partial charge in [-0.15, -0.1) is 0 Å². The zero-order valence-corrected chi connectivity index (χ0v) is 10.0.